The first-order valence-electron chi connectivity index (χ1n) is 6.59. The third-order valence-corrected chi connectivity index (χ3v) is 4.55. The molecule has 1 aliphatic rings. The SMILES string of the molecule is CCC(N)(CC)CNCC1(CC)CCC1. The van der Waals surface area contributed by atoms with Crippen molar-refractivity contribution < 1.29 is 0 Å². The number of rotatable bonds is 7. The van der Waals surface area contributed by atoms with Crippen molar-refractivity contribution in [3.63, 3.8) is 0 Å². The Hall–Kier alpha value is -0.0800. The molecule has 1 aliphatic carbocycles. The highest BCUT2D eigenvalue weighted by atomic mass is 14.9. The Morgan fingerprint density at radius 1 is 1.20 bits per heavy atom. The molecule has 0 unspecified atom stereocenters. The average Bonchev–Trinajstić information content (AvgIpc) is 2.22. The van der Waals surface area contributed by atoms with Crippen LogP contribution in [0, 0.1) is 5.41 Å². The Morgan fingerprint density at radius 3 is 2.13 bits per heavy atom. The zero-order valence-electron chi connectivity index (χ0n) is 10.7. The van der Waals surface area contributed by atoms with E-state index in [0.717, 1.165) is 19.4 Å². The Labute approximate surface area is 95.0 Å². The second-order valence-electron chi connectivity index (χ2n) is 5.38. The summed E-state index contributed by atoms with van der Waals surface area (Å²) in [6, 6.07) is 0. The van der Waals surface area contributed by atoms with Crippen molar-refractivity contribution in [1.29, 1.82) is 0 Å². The molecule has 0 aliphatic heterocycles. The van der Waals surface area contributed by atoms with Crippen molar-refractivity contribution >= 4 is 0 Å². The quantitative estimate of drug-likeness (QED) is 0.681. The smallest absolute Gasteiger partial charge is 0.0275 e. The van der Waals surface area contributed by atoms with Crippen LogP contribution in [0.25, 0.3) is 0 Å². The standard InChI is InChI=1S/C13H28N2/c1-4-12(8-7-9-12)10-15-11-13(14,5-2)6-3/h15H,4-11,14H2,1-3H3. The van der Waals surface area contributed by atoms with Crippen molar-refractivity contribution in [1.82, 2.24) is 5.32 Å². The molecule has 0 bridgehead atoms. The lowest BCUT2D eigenvalue weighted by Gasteiger charge is -2.42. The summed E-state index contributed by atoms with van der Waals surface area (Å²) < 4.78 is 0. The van der Waals surface area contributed by atoms with E-state index in [9.17, 15) is 0 Å². The average molecular weight is 212 g/mol. The Kier molecular flexibility index (Phi) is 4.60. The maximum atomic E-state index is 6.26. The Balaban J connectivity index is 2.25. The van der Waals surface area contributed by atoms with Crippen LogP contribution >= 0.6 is 0 Å². The maximum Gasteiger partial charge on any atom is 0.0275 e. The van der Waals surface area contributed by atoms with E-state index in [0.29, 0.717) is 5.41 Å². The molecule has 0 aromatic carbocycles. The van der Waals surface area contributed by atoms with Crippen LogP contribution in [-0.2, 0) is 0 Å². The van der Waals surface area contributed by atoms with Gasteiger partial charge in [-0.1, -0.05) is 27.2 Å². The van der Waals surface area contributed by atoms with Crippen LogP contribution in [0.15, 0.2) is 0 Å². The van der Waals surface area contributed by atoms with E-state index in [4.69, 9.17) is 5.73 Å². The summed E-state index contributed by atoms with van der Waals surface area (Å²) in [5, 5.41) is 3.60. The van der Waals surface area contributed by atoms with Crippen LogP contribution in [-0.4, -0.2) is 18.6 Å². The van der Waals surface area contributed by atoms with Crippen LogP contribution in [0.1, 0.15) is 59.3 Å². The van der Waals surface area contributed by atoms with Crippen molar-refractivity contribution in [2.75, 3.05) is 13.1 Å². The molecule has 0 spiro atoms. The van der Waals surface area contributed by atoms with Gasteiger partial charge in [0.1, 0.15) is 0 Å². The van der Waals surface area contributed by atoms with Gasteiger partial charge in [0.25, 0.3) is 0 Å². The molecule has 0 amide bonds. The topological polar surface area (TPSA) is 38.0 Å². The first-order valence-corrected chi connectivity index (χ1v) is 6.59. The fourth-order valence-corrected chi connectivity index (χ4v) is 2.41. The summed E-state index contributed by atoms with van der Waals surface area (Å²) in [4.78, 5) is 0. The molecule has 2 heteroatoms. The molecule has 90 valence electrons. The van der Waals surface area contributed by atoms with Crippen LogP contribution in [0.2, 0.25) is 0 Å². The normalized spacial score (nSPS) is 20.0. The van der Waals surface area contributed by atoms with Crippen LogP contribution in [0.5, 0.6) is 0 Å². The van der Waals surface area contributed by atoms with Gasteiger partial charge >= 0.3 is 0 Å². The van der Waals surface area contributed by atoms with Gasteiger partial charge in [-0.2, -0.15) is 0 Å². The second-order valence-corrected chi connectivity index (χ2v) is 5.38. The first kappa shape index (κ1) is 13.0. The third kappa shape index (κ3) is 3.18. The van der Waals surface area contributed by atoms with Crippen molar-refractivity contribution in [3.8, 4) is 0 Å². The van der Waals surface area contributed by atoms with Crippen molar-refractivity contribution in [2.24, 2.45) is 11.1 Å². The molecule has 0 radical (unpaired) electrons. The molecule has 2 nitrogen and oxygen atoms in total. The number of hydrogen-bond acceptors (Lipinski definition) is 2. The van der Waals surface area contributed by atoms with Crippen LogP contribution < -0.4 is 11.1 Å². The molecule has 1 fully saturated rings. The summed E-state index contributed by atoms with van der Waals surface area (Å²) in [7, 11) is 0. The molecule has 1 saturated carbocycles. The second kappa shape index (κ2) is 5.31. The zero-order valence-corrected chi connectivity index (χ0v) is 10.7. The van der Waals surface area contributed by atoms with Crippen molar-refractivity contribution in [2.45, 2.75) is 64.8 Å². The number of nitrogens with two attached hydrogens (primary N) is 1. The molecule has 0 aromatic heterocycles. The number of hydrogen-bond donors (Lipinski definition) is 2. The first-order chi connectivity index (χ1) is 7.10. The molecular formula is C13H28N2. The predicted octanol–water partition coefficient (Wildman–Crippen LogP) is 2.67. The fraction of sp³-hybridized carbons (Fsp3) is 1.00. The molecule has 1 rings (SSSR count). The maximum absolute atomic E-state index is 6.26. The highest BCUT2D eigenvalue weighted by Gasteiger charge is 2.35. The monoisotopic (exact) mass is 212 g/mol. The van der Waals surface area contributed by atoms with Crippen LogP contribution in [0.3, 0.4) is 0 Å². The largest absolute Gasteiger partial charge is 0.324 e. The van der Waals surface area contributed by atoms with E-state index < -0.39 is 0 Å². The van der Waals surface area contributed by atoms with Gasteiger partial charge in [0.15, 0.2) is 0 Å². The van der Waals surface area contributed by atoms with Crippen LogP contribution in [0.4, 0.5) is 0 Å². The van der Waals surface area contributed by atoms with E-state index in [1.165, 1.54) is 32.2 Å². The number of nitrogens with one attached hydrogen (secondary N) is 1. The molecule has 0 heterocycles. The third-order valence-electron chi connectivity index (χ3n) is 4.55. The highest BCUT2D eigenvalue weighted by Crippen LogP contribution is 2.43. The fourth-order valence-electron chi connectivity index (χ4n) is 2.41. The molecule has 15 heavy (non-hydrogen) atoms. The van der Waals surface area contributed by atoms with Gasteiger partial charge < -0.3 is 11.1 Å². The molecule has 0 aromatic rings. The van der Waals surface area contributed by atoms with Gasteiger partial charge in [-0.3, -0.25) is 0 Å². The molecule has 0 saturated heterocycles. The predicted molar refractivity (Wildman–Crippen MR) is 66.9 cm³/mol. The van der Waals surface area contributed by atoms with Gasteiger partial charge in [-0.15, -0.1) is 0 Å². The van der Waals surface area contributed by atoms with Gasteiger partial charge in [-0.25, -0.2) is 0 Å². The Morgan fingerprint density at radius 2 is 1.80 bits per heavy atom. The molecule has 0 atom stereocenters. The highest BCUT2D eigenvalue weighted by molar-refractivity contribution is 4.90. The minimum absolute atomic E-state index is 0.0126. The molecular weight excluding hydrogens is 184 g/mol. The lowest BCUT2D eigenvalue weighted by atomic mass is 9.67. The summed E-state index contributed by atoms with van der Waals surface area (Å²) in [5.74, 6) is 0. The summed E-state index contributed by atoms with van der Waals surface area (Å²) in [5.41, 5.74) is 6.89. The molecule has 3 N–H and O–H groups in total. The van der Waals surface area contributed by atoms with E-state index in [1.54, 1.807) is 0 Å². The lowest BCUT2D eigenvalue weighted by Crippen LogP contribution is -2.50. The Bertz CT molecular complexity index is 163. The minimum atomic E-state index is 0.0126. The van der Waals surface area contributed by atoms with E-state index in [1.807, 2.05) is 0 Å². The van der Waals surface area contributed by atoms with E-state index in [-0.39, 0.29) is 5.54 Å². The summed E-state index contributed by atoms with van der Waals surface area (Å²) >= 11 is 0. The van der Waals surface area contributed by atoms with E-state index >= 15 is 0 Å². The van der Waals surface area contributed by atoms with Gasteiger partial charge in [-0.05, 0) is 37.5 Å². The van der Waals surface area contributed by atoms with Crippen molar-refractivity contribution in [3.05, 3.63) is 0 Å². The van der Waals surface area contributed by atoms with E-state index in [2.05, 4.69) is 26.1 Å². The van der Waals surface area contributed by atoms with Gasteiger partial charge in [0.05, 0.1) is 0 Å². The lowest BCUT2D eigenvalue weighted by molar-refractivity contribution is 0.120. The van der Waals surface area contributed by atoms with Gasteiger partial charge in [0.2, 0.25) is 0 Å². The summed E-state index contributed by atoms with van der Waals surface area (Å²) in [6.45, 7) is 8.83. The zero-order chi connectivity index (χ0) is 11.4. The van der Waals surface area contributed by atoms with Gasteiger partial charge in [0, 0.05) is 18.6 Å². The summed E-state index contributed by atoms with van der Waals surface area (Å²) in [6.07, 6.45) is 7.69. The minimum Gasteiger partial charge on any atom is -0.324 e.